The van der Waals surface area contributed by atoms with Crippen LogP contribution in [0.3, 0.4) is 0 Å². The Morgan fingerprint density at radius 1 is 0.273 bits per heavy atom. The number of hydrogen-bond acceptors (Lipinski definition) is 15. The Morgan fingerprint density at radius 3 is 0.687 bits per heavy atom. The topological polar surface area (TPSA) is 237 Å². The molecule has 0 saturated heterocycles. The first-order chi connectivity index (χ1) is 48.0. The minimum atomic E-state index is -4.96. The zero-order valence-corrected chi connectivity index (χ0v) is 66.4. The predicted octanol–water partition coefficient (Wildman–Crippen LogP) is 24.0. The summed E-state index contributed by atoms with van der Waals surface area (Å²) in [5, 5.41) is 10.6. The van der Waals surface area contributed by atoms with E-state index < -0.39 is 97.5 Å². The van der Waals surface area contributed by atoms with Gasteiger partial charge in [-0.25, -0.2) is 9.13 Å². The standard InChI is InChI=1S/C80H156O17P2/c1-6-9-12-15-18-21-24-26-28-30-31-33-35-37-39-45-50-55-60-65-79(84)96-76(70-91-78(83)64-59-54-49-44-38-36-34-32-29-27-25-22-19-16-13-10-7-2)72-95-99(88,89)93-68-74(81)67-92-98(86,87)94-71-75(69-90-77(82)63-58-53-48-43-23-20-17-14-11-8-3)97-80(85)66-61-56-51-46-41-40-42-47-52-57-62-73(4)5/h73-76,81H,6-72H2,1-5H3,(H,86,87)(H,88,89)/t74-,75+,76+/m0/s1. The van der Waals surface area contributed by atoms with Crippen LogP contribution in [0, 0.1) is 5.92 Å². The second-order valence-corrected chi connectivity index (χ2v) is 32.2. The maximum absolute atomic E-state index is 13.1. The molecule has 3 N–H and O–H groups in total. The van der Waals surface area contributed by atoms with Crippen molar-refractivity contribution in [3.8, 4) is 0 Å². The van der Waals surface area contributed by atoms with Gasteiger partial charge in [-0.2, -0.15) is 0 Å². The maximum atomic E-state index is 13.1. The number of esters is 4. The molecular weight excluding hydrogens is 1290 g/mol. The monoisotopic (exact) mass is 1450 g/mol. The number of rotatable bonds is 80. The van der Waals surface area contributed by atoms with Gasteiger partial charge in [-0.3, -0.25) is 37.3 Å². The lowest BCUT2D eigenvalue weighted by molar-refractivity contribution is -0.161. The summed E-state index contributed by atoms with van der Waals surface area (Å²) in [7, 11) is -9.92. The van der Waals surface area contributed by atoms with Gasteiger partial charge in [0.15, 0.2) is 12.2 Å². The van der Waals surface area contributed by atoms with Crippen molar-refractivity contribution >= 4 is 39.5 Å². The fourth-order valence-corrected chi connectivity index (χ4v) is 14.0. The average Bonchev–Trinajstić information content (AvgIpc) is 1.69. The smallest absolute Gasteiger partial charge is 0.462 e. The third kappa shape index (κ3) is 74.1. The maximum Gasteiger partial charge on any atom is 0.472 e. The summed E-state index contributed by atoms with van der Waals surface area (Å²) in [6, 6.07) is 0. The Morgan fingerprint density at radius 2 is 0.465 bits per heavy atom. The van der Waals surface area contributed by atoms with E-state index in [2.05, 4.69) is 34.6 Å². The molecule has 0 aliphatic rings. The van der Waals surface area contributed by atoms with Crippen LogP contribution in [0.2, 0.25) is 0 Å². The third-order valence-electron chi connectivity index (χ3n) is 18.8. The molecule has 17 nitrogen and oxygen atoms in total. The number of phosphoric ester groups is 2. The molecule has 5 atom stereocenters. The van der Waals surface area contributed by atoms with Crippen molar-refractivity contribution in [2.24, 2.45) is 5.92 Å². The van der Waals surface area contributed by atoms with Crippen molar-refractivity contribution in [2.45, 2.75) is 445 Å². The van der Waals surface area contributed by atoms with Gasteiger partial charge in [0, 0.05) is 25.7 Å². The summed E-state index contributed by atoms with van der Waals surface area (Å²) in [6.45, 7) is 7.31. The van der Waals surface area contributed by atoms with Crippen molar-refractivity contribution < 1.29 is 80.2 Å². The second kappa shape index (κ2) is 73.0. The van der Waals surface area contributed by atoms with Crippen LogP contribution in [-0.4, -0.2) is 96.7 Å². The number of hydrogen-bond donors (Lipinski definition) is 3. The number of carbonyl (C=O) groups excluding carboxylic acids is 4. The van der Waals surface area contributed by atoms with Crippen LogP contribution in [0.1, 0.15) is 426 Å². The summed E-state index contributed by atoms with van der Waals surface area (Å²) in [5.74, 6) is -1.36. The number of carbonyl (C=O) groups is 4. The normalized spacial score (nSPS) is 13.9. The molecule has 99 heavy (non-hydrogen) atoms. The van der Waals surface area contributed by atoms with Gasteiger partial charge in [0.1, 0.15) is 19.3 Å². The van der Waals surface area contributed by atoms with E-state index in [1.807, 2.05) is 0 Å². The van der Waals surface area contributed by atoms with E-state index >= 15 is 0 Å². The van der Waals surface area contributed by atoms with Crippen molar-refractivity contribution in [1.82, 2.24) is 0 Å². The predicted molar refractivity (Wildman–Crippen MR) is 405 cm³/mol. The van der Waals surface area contributed by atoms with Crippen LogP contribution in [0.15, 0.2) is 0 Å². The number of unbranched alkanes of at least 4 members (excludes halogenated alkanes) is 52. The van der Waals surface area contributed by atoms with Crippen molar-refractivity contribution in [1.29, 1.82) is 0 Å². The minimum Gasteiger partial charge on any atom is -0.462 e. The van der Waals surface area contributed by atoms with Gasteiger partial charge in [0.05, 0.1) is 26.4 Å². The highest BCUT2D eigenvalue weighted by Gasteiger charge is 2.30. The van der Waals surface area contributed by atoms with Crippen LogP contribution >= 0.6 is 15.6 Å². The molecule has 0 radical (unpaired) electrons. The summed E-state index contributed by atoms with van der Waals surface area (Å²) in [5.41, 5.74) is 0. The first kappa shape index (κ1) is 97.1. The Balaban J connectivity index is 5.23. The molecular formula is C80H156O17P2. The Bertz CT molecular complexity index is 1890. The summed E-state index contributed by atoms with van der Waals surface area (Å²) >= 11 is 0. The molecule has 0 amide bonds. The lowest BCUT2D eigenvalue weighted by atomic mass is 10.0. The summed E-state index contributed by atoms with van der Waals surface area (Å²) < 4.78 is 68.7. The van der Waals surface area contributed by atoms with Gasteiger partial charge < -0.3 is 33.8 Å². The number of ether oxygens (including phenoxy) is 4. The molecule has 588 valence electrons. The van der Waals surface area contributed by atoms with Gasteiger partial charge in [-0.05, 0) is 31.6 Å². The van der Waals surface area contributed by atoms with E-state index in [0.717, 1.165) is 95.8 Å². The van der Waals surface area contributed by atoms with Gasteiger partial charge in [0.2, 0.25) is 0 Å². The van der Waals surface area contributed by atoms with Gasteiger partial charge >= 0.3 is 39.5 Å². The van der Waals surface area contributed by atoms with E-state index in [-0.39, 0.29) is 25.7 Å². The summed E-state index contributed by atoms with van der Waals surface area (Å²) in [6.07, 6.45) is 63.8. The lowest BCUT2D eigenvalue weighted by Crippen LogP contribution is -2.30. The summed E-state index contributed by atoms with van der Waals surface area (Å²) in [4.78, 5) is 73.0. The van der Waals surface area contributed by atoms with Crippen molar-refractivity contribution in [3.05, 3.63) is 0 Å². The van der Waals surface area contributed by atoms with Crippen LogP contribution < -0.4 is 0 Å². The SMILES string of the molecule is CCCCCCCCCCCCCCCCCCCCCC(=O)O[C@H](COC(=O)CCCCCCCCCCCCCCCCCCC)COP(=O)(O)OC[C@@H](O)COP(=O)(O)OC[C@@H](COC(=O)CCCCCCCCCCCC)OC(=O)CCCCCCCCCCCCC(C)C. The molecule has 0 rings (SSSR count). The average molecular weight is 1450 g/mol. The molecule has 2 unspecified atom stereocenters. The molecule has 0 aromatic carbocycles. The van der Waals surface area contributed by atoms with E-state index in [4.69, 9.17) is 37.0 Å². The molecule has 19 heteroatoms. The highest BCUT2D eigenvalue weighted by atomic mass is 31.2. The van der Waals surface area contributed by atoms with E-state index in [0.29, 0.717) is 25.7 Å². The Labute approximate surface area is 607 Å². The quantitative estimate of drug-likeness (QED) is 0.0222. The molecule has 0 fully saturated rings. The second-order valence-electron chi connectivity index (χ2n) is 29.3. The molecule has 0 aliphatic heterocycles. The molecule has 0 heterocycles. The first-order valence-electron chi connectivity index (χ1n) is 41.6. The van der Waals surface area contributed by atoms with E-state index in [1.165, 1.54) is 250 Å². The number of aliphatic hydroxyl groups is 1. The zero-order chi connectivity index (χ0) is 72.7. The Hall–Kier alpha value is -1.94. The van der Waals surface area contributed by atoms with Crippen LogP contribution in [0.4, 0.5) is 0 Å². The molecule has 0 spiro atoms. The largest absolute Gasteiger partial charge is 0.472 e. The van der Waals surface area contributed by atoms with Gasteiger partial charge in [-0.15, -0.1) is 0 Å². The van der Waals surface area contributed by atoms with Crippen molar-refractivity contribution in [2.75, 3.05) is 39.6 Å². The fourth-order valence-electron chi connectivity index (χ4n) is 12.4. The van der Waals surface area contributed by atoms with Crippen LogP contribution in [0.25, 0.3) is 0 Å². The molecule has 0 aromatic heterocycles. The Kier molecular flexibility index (Phi) is 71.6. The zero-order valence-electron chi connectivity index (χ0n) is 64.6. The minimum absolute atomic E-state index is 0.107. The van der Waals surface area contributed by atoms with Crippen molar-refractivity contribution in [3.63, 3.8) is 0 Å². The van der Waals surface area contributed by atoms with Crippen LogP contribution in [-0.2, 0) is 65.4 Å². The highest BCUT2D eigenvalue weighted by molar-refractivity contribution is 7.47. The fraction of sp³-hybridized carbons (Fsp3) is 0.950. The molecule has 0 saturated carbocycles. The molecule has 0 bridgehead atoms. The third-order valence-corrected chi connectivity index (χ3v) is 20.7. The van der Waals surface area contributed by atoms with Gasteiger partial charge in [-0.1, -0.05) is 375 Å². The molecule has 0 aromatic rings. The number of phosphoric acid groups is 2. The highest BCUT2D eigenvalue weighted by Crippen LogP contribution is 2.45. The number of aliphatic hydroxyl groups excluding tert-OH is 1. The van der Waals surface area contributed by atoms with E-state index in [9.17, 15) is 43.2 Å². The van der Waals surface area contributed by atoms with Crippen LogP contribution in [0.5, 0.6) is 0 Å². The lowest BCUT2D eigenvalue weighted by Gasteiger charge is -2.21. The van der Waals surface area contributed by atoms with Gasteiger partial charge in [0.25, 0.3) is 0 Å². The molecule has 0 aliphatic carbocycles. The first-order valence-corrected chi connectivity index (χ1v) is 44.6. The van der Waals surface area contributed by atoms with E-state index in [1.54, 1.807) is 0 Å².